The number of nitrogens with zero attached hydrogens (tertiary/aromatic N) is 2. The molecule has 0 saturated heterocycles. The summed E-state index contributed by atoms with van der Waals surface area (Å²) in [6.45, 7) is 1.84. The third-order valence-corrected chi connectivity index (χ3v) is 6.12. The van der Waals surface area contributed by atoms with Crippen molar-refractivity contribution in [2.24, 2.45) is 0 Å². The van der Waals surface area contributed by atoms with Gasteiger partial charge in [-0.25, -0.2) is 4.98 Å². The molecule has 8 heteroatoms. The molecule has 5 rings (SSSR count). The number of methoxy groups -OCH3 is 1. The summed E-state index contributed by atoms with van der Waals surface area (Å²) in [5.74, 6) is 0.00596. The molecule has 1 aliphatic rings. The highest BCUT2D eigenvalue weighted by Gasteiger charge is 2.62. The molecule has 1 aliphatic carbocycles. The van der Waals surface area contributed by atoms with Gasteiger partial charge in [-0.1, -0.05) is 0 Å². The first-order valence-electron chi connectivity index (χ1n) is 9.45. The molecular formula is C22H17F3N4O. The fourth-order valence-corrected chi connectivity index (χ4v) is 4.69. The Morgan fingerprint density at radius 1 is 1.27 bits per heavy atom. The van der Waals surface area contributed by atoms with Gasteiger partial charge in [-0.15, -0.1) is 0 Å². The second-order valence-electron chi connectivity index (χ2n) is 7.67. The van der Waals surface area contributed by atoms with Gasteiger partial charge in [0.15, 0.2) is 5.41 Å². The highest BCUT2D eigenvalue weighted by atomic mass is 19.4. The Kier molecular flexibility index (Phi) is 3.72. The second kappa shape index (κ2) is 6.02. The Morgan fingerprint density at radius 2 is 2.07 bits per heavy atom. The summed E-state index contributed by atoms with van der Waals surface area (Å²) in [6.07, 6.45) is -2.79. The molecule has 30 heavy (non-hydrogen) atoms. The number of hydrogen-bond donors (Lipinski definition) is 2. The van der Waals surface area contributed by atoms with E-state index in [1.807, 2.05) is 13.0 Å². The zero-order chi connectivity index (χ0) is 21.3. The lowest BCUT2D eigenvalue weighted by molar-refractivity contribution is -0.182. The first-order chi connectivity index (χ1) is 14.3. The zero-order valence-corrected chi connectivity index (χ0v) is 16.2. The summed E-state index contributed by atoms with van der Waals surface area (Å²) in [7, 11) is 1.39. The summed E-state index contributed by atoms with van der Waals surface area (Å²) in [5, 5.41) is 9.68. The molecule has 4 aromatic rings. The number of ether oxygens (including phenoxy) is 1. The van der Waals surface area contributed by atoms with Crippen LogP contribution in [0.25, 0.3) is 21.9 Å². The normalized spacial score (nSPS) is 18.7. The second-order valence-corrected chi connectivity index (χ2v) is 7.67. The first-order valence-corrected chi connectivity index (χ1v) is 9.45. The number of aromatic amines is 2. The SMILES string of the molecule is COc1cc(C)c2[nH]cc3c2c1C(c1nc2ccc(C#N)cc2[nH]1)(C(F)(F)F)CC3. The van der Waals surface area contributed by atoms with Gasteiger partial charge in [-0.2, -0.15) is 18.4 Å². The van der Waals surface area contributed by atoms with Crippen molar-refractivity contribution in [2.75, 3.05) is 7.11 Å². The van der Waals surface area contributed by atoms with Crippen LogP contribution in [0.15, 0.2) is 30.5 Å². The van der Waals surface area contributed by atoms with Crippen LogP contribution in [-0.2, 0) is 11.8 Å². The lowest BCUT2D eigenvalue weighted by Gasteiger charge is -2.38. The molecule has 2 N–H and O–H groups in total. The van der Waals surface area contributed by atoms with E-state index in [1.54, 1.807) is 24.4 Å². The smallest absolute Gasteiger partial charge is 0.405 e. The van der Waals surface area contributed by atoms with E-state index in [9.17, 15) is 13.2 Å². The summed E-state index contributed by atoms with van der Waals surface area (Å²) >= 11 is 0. The molecule has 0 bridgehead atoms. The van der Waals surface area contributed by atoms with E-state index in [1.165, 1.54) is 13.2 Å². The van der Waals surface area contributed by atoms with E-state index in [-0.39, 0.29) is 30.0 Å². The van der Waals surface area contributed by atoms with Crippen LogP contribution in [0.5, 0.6) is 5.75 Å². The van der Waals surface area contributed by atoms with Crippen molar-refractivity contribution >= 4 is 21.9 Å². The van der Waals surface area contributed by atoms with Gasteiger partial charge < -0.3 is 14.7 Å². The molecule has 0 amide bonds. The predicted molar refractivity (Wildman–Crippen MR) is 106 cm³/mol. The number of H-pyrrole nitrogens is 2. The number of nitrogens with one attached hydrogen (secondary N) is 2. The molecule has 0 fully saturated rings. The quantitative estimate of drug-likeness (QED) is 0.487. The topological polar surface area (TPSA) is 77.5 Å². The predicted octanol–water partition coefficient (Wildman–Crippen LogP) is 5.03. The number of nitriles is 1. The minimum absolute atomic E-state index is 0.0835. The van der Waals surface area contributed by atoms with E-state index in [0.717, 1.165) is 11.1 Å². The highest BCUT2D eigenvalue weighted by molar-refractivity contribution is 5.94. The molecular weight excluding hydrogens is 393 g/mol. The van der Waals surface area contributed by atoms with Gasteiger partial charge in [-0.05, 0) is 55.2 Å². The van der Waals surface area contributed by atoms with E-state index in [4.69, 9.17) is 10.00 Å². The number of halogens is 3. The van der Waals surface area contributed by atoms with E-state index >= 15 is 0 Å². The Bertz CT molecular complexity index is 1360. The number of benzene rings is 2. The molecule has 0 aliphatic heterocycles. The zero-order valence-electron chi connectivity index (χ0n) is 16.2. The molecule has 0 radical (unpaired) electrons. The number of imidazole rings is 1. The van der Waals surface area contributed by atoms with Crippen molar-refractivity contribution in [3.05, 3.63) is 58.5 Å². The van der Waals surface area contributed by atoms with Gasteiger partial charge in [-0.3, -0.25) is 0 Å². The van der Waals surface area contributed by atoms with Crippen molar-refractivity contribution in [3.8, 4) is 11.8 Å². The third kappa shape index (κ3) is 2.26. The molecule has 1 unspecified atom stereocenters. The van der Waals surface area contributed by atoms with Crippen LogP contribution in [0.2, 0.25) is 0 Å². The van der Waals surface area contributed by atoms with E-state index in [2.05, 4.69) is 15.0 Å². The lowest BCUT2D eigenvalue weighted by Crippen LogP contribution is -2.46. The maximum absolute atomic E-state index is 14.9. The summed E-state index contributed by atoms with van der Waals surface area (Å²) in [5.41, 5.74) is 1.20. The van der Waals surface area contributed by atoms with Crippen molar-refractivity contribution in [1.29, 1.82) is 5.26 Å². The minimum atomic E-state index is -4.62. The molecule has 0 spiro atoms. The first kappa shape index (κ1) is 18.6. The van der Waals surface area contributed by atoms with Crippen LogP contribution in [0, 0.1) is 18.3 Å². The Labute approximate surface area is 169 Å². The fraction of sp³-hybridized carbons (Fsp3) is 0.273. The summed E-state index contributed by atoms with van der Waals surface area (Å²) in [6, 6.07) is 8.26. The van der Waals surface area contributed by atoms with Crippen LogP contribution < -0.4 is 4.74 Å². The van der Waals surface area contributed by atoms with Crippen molar-refractivity contribution in [3.63, 3.8) is 0 Å². The molecule has 5 nitrogen and oxygen atoms in total. The summed E-state index contributed by atoms with van der Waals surface area (Å²) < 4.78 is 50.2. The van der Waals surface area contributed by atoms with Gasteiger partial charge >= 0.3 is 6.18 Å². The maximum Gasteiger partial charge on any atom is 0.405 e. The number of rotatable bonds is 2. The third-order valence-electron chi connectivity index (χ3n) is 6.12. The van der Waals surface area contributed by atoms with Crippen LogP contribution in [0.4, 0.5) is 13.2 Å². The Balaban J connectivity index is 1.91. The largest absolute Gasteiger partial charge is 0.496 e. The number of hydrogen-bond acceptors (Lipinski definition) is 3. The summed E-state index contributed by atoms with van der Waals surface area (Å²) in [4.78, 5) is 10.3. The number of fused-ring (bicyclic) bond motifs is 1. The van der Waals surface area contributed by atoms with Gasteiger partial charge in [0.2, 0.25) is 0 Å². The van der Waals surface area contributed by atoms with Crippen LogP contribution >= 0.6 is 0 Å². The van der Waals surface area contributed by atoms with Crippen molar-refractivity contribution in [2.45, 2.75) is 31.4 Å². The average molecular weight is 410 g/mol. The monoisotopic (exact) mass is 410 g/mol. The number of alkyl halides is 3. The van der Waals surface area contributed by atoms with Gasteiger partial charge in [0.25, 0.3) is 0 Å². The Hall–Kier alpha value is -3.47. The van der Waals surface area contributed by atoms with Crippen LogP contribution in [-0.4, -0.2) is 28.2 Å². The fourth-order valence-electron chi connectivity index (χ4n) is 4.69. The van der Waals surface area contributed by atoms with Crippen molar-refractivity contribution < 1.29 is 17.9 Å². The van der Waals surface area contributed by atoms with Gasteiger partial charge in [0.1, 0.15) is 11.6 Å². The highest BCUT2D eigenvalue weighted by Crippen LogP contribution is 2.56. The van der Waals surface area contributed by atoms with Gasteiger partial charge in [0, 0.05) is 22.7 Å². The van der Waals surface area contributed by atoms with Gasteiger partial charge in [0.05, 0.1) is 29.8 Å². The van der Waals surface area contributed by atoms with E-state index < -0.39 is 11.6 Å². The molecule has 2 aromatic heterocycles. The van der Waals surface area contributed by atoms with Crippen LogP contribution in [0.3, 0.4) is 0 Å². The standard InChI is InChI=1S/C22H17F3N4O/c1-11-7-16(30-2)18-17-13(10-27-19(11)17)5-6-21(18,22(23,24)25)20-28-14-4-3-12(9-26)8-15(14)29-20/h3-4,7-8,10,27H,5-6H2,1-2H3,(H,28,29). The number of aryl methyl sites for hydroxylation is 2. The molecule has 1 atom stereocenters. The molecule has 0 saturated carbocycles. The maximum atomic E-state index is 14.9. The lowest BCUT2D eigenvalue weighted by atomic mass is 9.68. The number of aromatic nitrogens is 3. The van der Waals surface area contributed by atoms with Crippen molar-refractivity contribution in [1.82, 2.24) is 15.0 Å². The Morgan fingerprint density at radius 3 is 2.77 bits per heavy atom. The minimum Gasteiger partial charge on any atom is -0.496 e. The molecule has 152 valence electrons. The molecule has 2 heterocycles. The average Bonchev–Trinajstić information content (AvgIpc) is 3.33. The molecule has 2 aromatic carbocycles. The van der Waals surface area contributed by atoms with E-state index in [0.29, 0.717) is 27.5 Å². The van der Waals surface area contributed by atoms with Crippen LogP contribution in [0.1, 0.15) is 34.5 Å².